The van der Waals surface area contributed by atoms with Crippen LogP contribution < -0.4 is 0 Å². The number of carbonyl (C=O) groups excluding carboxylic acids is 2. The number of carbonyl (C=O) groups is 2. The molecule has 0 saturated carbocycles. The second kappa shape index (κ2) is 7.63. The number of ether oxygens (including phenoxy) is 2. The molecule has 0 radical (unpaired) electrons. The van der Waals surface area contributed by atoms with Crippen LogP contribution in [-0.2, 0) is 25.5 Å². The van der Waals surface area contributed by atoms with Gasteiger partial charge in [0.1, 0.15) is 0 Å². The predicted molar refractivity (Wildman–Crippen MR) is 84.5 cm³/mol. The van der Waals surface area contributed by atoms with E-state index in [9.17, 15) is 9.59 Å². The maximum Gasteiger partial charge on any atom is 0.228 e. The zero-order valence-corrected chi connectivity index (χ0v) is 13.5. The van der Waals surface area contributed by atoms with E-state index in [0.717, 1.165) is 24.0 Å². The topological polar surface area (TPSA) is 65.7 Å². The Bertz CT molecular complexity index is 674. The zero-order valence-electron chi connectivity index (χ0n) is 13.5. The Morgan fingerprint density at radius 3 is 2.57 bits per heavy atom. The van der Waals surface area contributed by atoms with Gasteiger partial charge in [-0.2, -0.15) is 0 Å². The van der Waals surface area contributed by atoms with E-state index in [1.54, 1.807) is 12.5 Å². The van der Waals surface area contributed by atoms with E-state index in [1.807, 2.05) is 13.0 Å². The van der Waals surface area contributed by atoms with Crippen LogP contribution in [0.5, 0.6) is 0 Å². The van der Waals surface area contributed by atoms with Gasteiger partial charge in [0.15, 0.2) is 0 Å². The second-order valence-electron chi connectivity index (χ2n) is 5.33. The van der Waals surface area contributed by atoms with Crippen molar-refractivity contribution in [3.05, 3.63) is 59.0 Å². The summed E-state index contributed by atoms with van der Waals surface area (Å²) in [4.78, 5) is 24.3. The smallest absolute Gasteiger partial charge is 0.228 e. The molecular formula is C18H20O5. The summed E-state index contributed by atoms with van der Waals surface area (Å²) in [6.07, 6.45) is 8.89. The molecule has 0 aliphatic heterocycles. The molecule has 0 saturated heterocycles. The molecule has 1 heterocycles. The summed E-state index contributed by atoms with van der Waals surface area (Å²) < 4.78 is 15.0. The molecule has 0 bridgehead atoms. The Morgan fingerprint density at radius 1 is 1.22 bits per heavy atom. The van der Waals surface area contributed by atoms with E-state index in [-0.39, 0.29) is 23.1 Å². The molecule has 122 valence electrons. The molecule has 1 aromatic rings. The lowest BCUT2D eigenvalue weighted by Crippen LogP contribution is -2.21. The quantitative estimate of drug-likeness (QED) is 0.571. The summed E-state index contributed by atoms with van der Waals surface area (Å²) in [6.45, 7) is 1.94. The van der Waals surface area contributed by atoms with Crippen molar-refractivity contribution >= 4 is 11.6 Å². The van der Waals surface area contributed by atoms with Gasteiger partial charge in [-0.25, -0.2) is 0 Å². The van der Waals surface area contributed by atoms with Crippen LogP contribution >= 0.6 is 0 Å². The van der Waals surface area contributed by atoms with Crippen molar-refractivity contribution in [2.75, 3.05) is 14.2 Å². The van der Waals surface area contributed by atoms with Gasteiger partial charge < -0.3 is 13.9 Å². The number of Topliss-reactive ketones (excluding diaryl/α,β-unsaturated/α-hetero) is 1. The molecule has 0 aromatic carbocycles. The monoisotopic (exact) mass is 316 g/mol. The average molecular weight is 316 g/mol. The molecule has 0 spiro atoms. The molecule has 1 aliphatic rings. The fourth-order valence-electron chi connectivity index (χ4n) is 2.45. The number of ketones is 2. The minimum Gasteiger partial charge on any atom is -0.490 e. The first-order chi connectivity index (χ1) is 11.1. The Morgan fingerprint density at radius 2 is 1.96 bits per heavy atom. The number of furan rings is 1. The Balaban J connectivity index is 2.02. The molecule has 0 atom stereocenters. The van der Waals surface area contributed by atoms with Crippen molar-refractivity contribution in [2.45, 2.75) is 26.2 Å². The first-order valence-corrected chi connectivity index (χ1v) is 7.35. The number of methoxy groups -OCH3 is 2. The van der Waals surface area contributed by atoms with Gasteiger partial charge in [0.2, 0.25) is 23.1 Å². The number of rotatable bonds is 7. The largest absolute Gasteiger partial charge is 0.490 e. The third-order valence-electron chi connectivity index (χ3n) is 3.62. The van der Waals surface area contributed by atoms with Gasteiger partial charge in [-0.1, -0.05) is 11.6 Å². The Kier molecular flexibility index (Phi) is 5.57. The van der Waals surface area contributed by atoms with E-state index >= 15 is 0 Å². The van der Waals surface area contributed by atoms with E-state index in [0.29, 0.717) is 12.0 Å². The summed E-state index contributed by atoms with van der Waals surface area (Å²) in [7, 11) is 2.70. The highest BCUT2D eigenvalue weighted by Gasteiger charge is 2.30. The second-order valence-corrected chi connectivity index (χ2v) is 5.33. The SMILES string of the molecule is COC1=C(OC)C(=O)C(C/C(C)=C\CCc2ccoc2)=CC1=O. The van der Waals surface area contributed by atoms with E-state index < -0.39 is 0 Å². The van der Waals surface area contributed by atoms with Gasteiger partial charge in [0, 0.05) is 5.57 Å². The molecule has 1 aromatic heterocycles. The van der Waals surface area contributed by atoms with Gasteiger partial charge in [-0.3, -0.25) is 9.59 Å². The highest BCUT2D eigenvalue weighted by molar-refractivity contribution is 6.21. The van der Waals surface area contributed by atoms with Gasteiger partial charge in [0.25, 0.3) is 0 Å². The standard InChI is InChI=1S/C18H20O5/c1-12(5-4-6-13-7-8-23-11-13)9-14-10-15(19)17(21-2)18(22-3)16(14)20/h5,7-8,10-11H,4,6,9H2,1-3H3/b12-5-. The predicted octanol–water partition coefficient (Wildman–Crippen LogP) is 3.13. The molecule has 0 amide bonds. The van der Waals surface area contributed by atoms with Crippen molar-refractivity contribution in [3.8, 4) is 0 Å². The number of hydrogen-bond acceptors (Lipinski definition) is 5. The van der Waals surface area contributed by atoms with Crippen LogP contribution in [0.1, 0.15) is 25.3 Å². The van der Waals surface area contributed by atoms with Gasteiger partial charge in [0.05, 0.1) is 26.7 Å². The molecule has 2 rings (SSSR count). The summed E-state index contributed by atoms with van der Waals surface area (Å²) in [6, 6.07) is 1.93. The summed E-state index contributed by atoms with van der Waals surface area (Å²) >= 11 is 0. The van der Waals surface area contributed by atoms with Crippen LogP contribution in [0.25, 0.3) is 0 Å². The first-order valence-electron chi connectivity index (χ1n) is 7.35. The fourth-order valence-corrected chi connectivity index (χ4v) is 2.45. The molecule has 0 unspecified atom stereocenters. The van der Waals surface area contributed by atoms with Crippen LogP contribution in [0.2, 0.25) is 0 Å². The van der Waals surface area contributed by atoms with E-state index in [1.165, 1.54) is 20.3 Å². The average Bonchev–Trinajstić information content (AvgIpc) is 3.03. The molecule has 0 N–H and O–H groups in total. The minimum atomic E-state index is -0.342. The lowest BCUT2D eigenvalue weighted by Gasteiger charge is -2.17. The van der Waals surface area contributed by atoms with Crippen LogP contribution in [0.3, 0.4) is 0 Å². The maximum atomic E-state index is 12.3. The third-order valence-corrected chi connectivity index (χ3v) is 3.62. The summed E-state index contributed by atoms with van der Waals surface area (Å²) in [5.74, 6) is -0.708. The van der Waals surface area contributed by atoms with Crippen molar-refractivity contribution in [2.24, 2.45) is 0 Å². The van der Waals surface area contributed by atoms with Crippen LogP contribution in [0.4, 0.5) is 0 Å². The number of hydrogen-bond donors (Lipinski definition) is 0. The highest BCUT2D eigenvalue weighted by Crippen LogP contribution is 2.24. The molecular weight excluding hydrogens is 296 g/mol. The lowest BCUT2D eigenvalue weighted by atomic mass is 9.94. The van der Waals surface area contributed by atoms with Crippen molar-refractivity contribution < 1.29 is 23.5 Å². The fraction of sp³-hybridized carbons (Fsp3) is 0.333. The lowest BCUT2D eigenvalue weighted by molar-refractivity contribution is -0.120. The molecule has 5 heteroatoms. The normalized spacial score (nSPS) is 15.8. The summed E-state index contributed by atoms with van der Waals surface area (Å²) in [5, 5.41) is 0. The summed E-state index contributed by atoms with van der Waals surface area (Å²) in [5.41, 5.74) is 2.58. The van der Waals surface area contributed by atoms with Crippen LogP contribution in [0.15, 0.2) is 57.8 Å². The first kappa shape index (κ1) is 16.8. The van der Waals surface area contributed by atoms with E-state index in [4.69, 9.17) is 13.9 Å². The van der Waals surface area contributed by atoms with Crippen molar-refractivity contribution in [1.82, 2.24) is 0 Å². The Labute approximate surface area is 135 Å². The van der Waals surface area contributed by atoms with Crippen LogP contribution in [0, 0.1) is 0 Å². The van der Waals surface area contributed by atoms with Gasteiger partial charge in [-0.05, 0) is 43.9 Å². The van der Waals surface area contributed by atoms with Crippen LogP contribution in [-0.4, -0.2) is 25.8 Å². The highest BCUT2D eigenvalue weighted by atomic mass is 16.5. The Hall–Kier alpha value is -2.56. The molecule has 23 heavy (non-hydrogen) atoms. The molecule has 0 fully saturated rings. The minimum absolute atomic E-state index is 0.0267. The van der Waals surface area contributed by atoms with Gasteiger partial charge >= 0.3 is 0 Å². The van der Waals surface area contributed by atoms with Crippen molar-refractivity contribution in [3.63, 3.8) is 0 Å². The zero-order chi connectivity index (χ0) is 16.8. The maximum absolute atomic E-state index is 12.3. The van der Waals surface area contributed by atoms with Crippen molar-refractivity contribution in [1.29, 1.82) is 0 Å². The van der Waals surface area contributed by atoms with E-state index in [2.05, 4.69) is 6.08 Å². The third kappa shape index (κ3) is 4.00. The number of aryl methyl sites for hydroxylation is 1. The number of allylic oxidation sites excluding steroid dienone is 4. The van der Waals surface area contributed by atoms with Gasteiger partial charge in [-0.15, -0.1) is 0 Å². The molecule has 1 aliphatic carbocycles. The molecule has 5 nitrogen and oxygen atoms in total.